The lowest BCUT2D eigenvalue weighted by molar-refractivity contribution is -0.193. The lowest BCUT2D eigenvalue weighted by Gasteiger charge is -2.33. The van der Waals surface area contributed by atoms with E-state index in [9.17, 15) is 0 Å². The molecule has 0 aromatic heterocycles. The molecule has 0 bridgehead atoms. The second-order valence-electron chi connectivity index (χ2n) is 4.11. The van der Waals surface area contributed by atoms with Crippen molar-refractivity contribution >= 4 is 0 Å². The van der Waals surface area contributed by atoms with Gasteiger partial charge in [0.15, 0.2) is 0 Å². The molecule has 1 fully saturated rings. The Labute approximate surface area is 79.3 Å². The van der Waals surface area contributed by atoms with Crippen LogP contribution in [0.1, 0.15) is 26.7 Å². The monoisotopic (exact) mass is 183 g/mol. The summed E-state index contributed by atoms with van der Waals surface area (Å²) < 4.78 is 11.0. The largest absolute Gasteiger partial charge is 0.469 e. The van der Waals surface area contributed by atoms with E-state index in [0.29, 0.717) is 6.61 Å². The van der Waals surface area contributed by atoms with Gasteiger partial charge in [0.05, 0.1) is 12.3 Å². The summed E-state index contributed by atoms with van der Waals surface area (Å²) in [5, 5.41) is 0. The zero-order valence-electron chi connectivity index (χ0n) is 8.38. The van der Waals surface area contributed by atoms with Crippen molar-refractivity contribution in [2.45, 2.75) is 32.5 Å². The molecule has 3 heteroatoms. The summed E-state index contributed by atoms with van der Waals surface area (Å²) >= 11 is 0. The van der Waals surface area contributed by atoms with E-state index in [4.69, 9.17) is 9.47 Å². The van der Waals surface area contributed by atoms with Gasteiger partial charge in [0.1, 0.15) is 6.26 Å². The summed E-state index contributed by atoms with van der Waals surface area (Å²) in [5.41, 5.74) is 1.19. The summed E-state index contributed by atoms with van der Waals surface area (Å²) in [5.74, 6) is -0.441. The molecule has 1 saturated heterocycles. The van der Waals surface area contributed by atoms with Crippen LogP contribution in [0.4, 0.5) is 0 Å². The molecule has 0 atom stereocenters. The molecule has 0 N–H and O–H groups in total. The quantitative estimate of drug-likeness (QED) is 0.617. The Morgan fingerprint density at radius 2 is 2.00 bits per heavy atom. The van der Waals surface area contributed by atoms with E-state index in [1.54, 1.807) is 0 Å². The van der Waals surface area contributed by atoms with Crippen LogP contribution >= 0.6 is 0 Å². The second kappa shape index (κ2) is 3.22. The third-order valence-electron chi connectivity index (χ3n) is 2.56. The van der Waals surface area contributed by atoms with Crippen molar-refractivity contribution in [3.63, 3.8) is 0 Å². The molecule has 0 radical (unpaired) electrons. The Hall–Kier alpha value is -0.700. The smallest absolute Gasteiger partial charge is 0.204 e. The number of ether oxygens (including phenoxy) is 2. The van der Waals surface area contributed by atoms with Crippen LogP contribution < -0.4 is 0 Å². The van der Waals surface area contributed by atoms with Crippen molar-refractivity contribution in [1.29, 1.82) is 0 Å². The molecule has 0 spiro atoms. The van der Waals surface area contributed by atoms with Gasteiger partial charge in [0.25, 0.3) is 0 Å². The van der Waals surface area contributed by atoms with Gasteiger partial charge in [-0.25, -0.2) is 0 Å². The first-order valence-electron chi connectivity index (χ1n) is 4.93. The summed E-state index contributed by atoms with van der Waals surface area (Å²) in [4.78, 5) is 2.34. The minimum Gasteiger partial charge on any atom is -0.469 e. The van der Waals surface area contributed by atoms with Crippen LogP contribution in [0.2, 0.25) is 0 Å². The van der Waals surface area contributed by atoms with Crippen LogP contribution in [-0.4, -0.2) is 30.4 Å². The highest BCUT2D eigenvalue weighted by molar-refractivity contribution is 5.02. The average molecular weight is 183 g/mol. The van der Waals surface area contributed by atoms with Crippen LogP contribution in [0.5, 0.6) is 0 Å². The molecule has 2 heterocycles. The van der Waals surface area contributed by atoms with Crippen molar-refractivity contribution < 1.29 is 9.47 Å². The molecule has 3 nitrogen and oxygen atoms in total. The van der Waals surface area contributed by atoms with Crippen LogP contribution in [0, 0.1) is 0 Å². The Morgan fingerprint density at radius 1 is 1.31 bits per heavy atom. The number of nitrogens with zero attached hydrogens (tertiary/aromatic N) is 1. The molecular weight excluding hydrogens is 166 g/mol. The molecule has 0 aromatic carbocycles. The second-order valence-corrected chi connectivity index (χ2v) is 4.11. The van der Waals surface area contributed by atoms with Crippen LogP contribution in [-0.2, 0) is 9.47 Å². The molecule has 0 unspecified atom stereocenters. The number of rotatable bonds is 1. The van der Waals surface area contributed by atoms with Gasteiger partial charge in [-0.05, 0) is 12.8 Å². The third-order valence-corrected chi connectivity index (χ3v) is 2.56. The Morgan fingerprint density at radius 3 is 2.54 bits per heavy atom. The zero-order valence-corrected chi connectivity index (χ0v) is 8.38. The fraction of sp³-hybridized carbons (Fsp3) is 0.800. The van der Waals surface area contributed by atoms with Gasteiger partial charge in [0, 0.05) is 26.9 Å². The van der Waals surface area contributed by atoms with Crippen molar-refractivity contribution in [3.05, 3.63) is 12.0 Å². The van der Waals surface area contributed by atoms with Crippen LogP contribution in [0.15, 0.2) is 12.0 Å². The maximum absolute atomic E-state index is 5.56. The minimum absolute atomic E-state index is 0.441. The molecule has 0 aliphatic carbocycles. The van der Waals surface area contributed by atoms with Gasteiger partial charge in [-0.1, -0.05) is 0 Å². The van der Waals surface area contributed by atoms with Gasteiger partial charge in [-0.15, -0.1) is 0 Å². The predicted octanol–water partition coefficient (Wildman–Crippen LogP) is 1.71. The zero-order chi connectivity index (χ0) is 9.31. The van der Waals surface area contributed by atoms with Gasteiger partial charge >= 0.3 is 0 Å². The van der Waals surface area contributed by atoms with E-state index < -0.39 is 5.79 Å². The number of hydrogen-bond acceptors (Lipinski definition) is 3. The summed E-state index contributed by atoms with van der Waals surface area (Å²) in [6.45, 7) is 6.86. The maximum Gasteiger partial charge on any atom is 0.204 e. The Bertz CT molecular complexity index is 217. The number of likely N-dealkylation sites (tertiary alicyclic amines) is 1. The molecule has 0 saturated carbocycles. The molecule has 74 valence electrons. The fourth-order valence-corrected chi connectivity index (χ4v) is 1.70. The topological polar surface area (TPSA) is 21.7 Å². The van der Waals surface area contributed by atoms with E-state index >= 15 is 0 Å². The van der Waals surface area contributed by atoms with E-state index in [-0.39, 0.29) is 0 Å². The fourth-order valence-electron chi connectivity index (χ4n) is 1.70. The predicted molar refractivity (Wildman–Crippen MR) is 50.0 cm³/mol. The molecular formula is C10H17NO2. The SMILES string of the molecule is CC1(C)OC=C(N2CCCC2)CO1. The Balaban J connectivity index is 1.98. The highest BCUT2D eigenvalue weighted by Crippen LogP contribution is 2.23. The van der Waals surface area contributed by atoms with Crippen LogP contribution in [0.25, 0.3) is 0 Å². The minimum atomic E-state index is -0.441. The maximum atomic E-state index is 5.56. The standard InChI is InChI=1S/C10H17NO2/c1-10(2)12-7-9(8-13-10)11-5-3-4-6-11/h7H,3-6,8H2,1-2H3. The normalized spacial score (nSPS) is 26.9. The first-order valence-corrected chi connectivity index (χ1v) is 4.93. The van der Waals surface area contributed by atoms with Crippen molar-refractivity contribution in [2.24, 2.45) is 0 Å². The van der Waals surface area contributed by atoms with E-state index in [0.717, 1.165) is 13.1 Å². The van der Waals surface area contributed by atoms with Crippen molar-refractivity contribution in [2.75, 3.05) is 19.7 Å². The highest BCUT2D eigenvalue weighted by Gasteiger charge is 2.26. The molecule has 2 aliphatic heterocycles. The molecule has 0 aromatic rings. The first-order chi connectivity index (χ1) is 6.17. The lowest BCUT2D eigenvalue weighted by Crippen LogP contribution is -2.35. The summed E-state index contributed by atoms with van der Waals surface area (Å²) in [6, 6.07) is 0. The highest BCUT2D eigenvalue weighted by atomic mass is 16.7. The summed E-state index contributed by atoms with van der Waals surface area (Å²) in [7, 11) is 0. The van der Waals surface area contributed by atoms with Crippen LogP contribution in [0.3, 0.4) is 0 Å². The number of hydrogen-bond donors (Lipinski definition) is 0. The van der Waals surface area contributed by atoms with Gasteiger partial charge in [-0.3, -0.25) is 0 Å². The molecule has 0 amide bonds. The Kier molecular flexibility index (Phi) is 2.20. The van der Waals surface area contributed by atoms with Crippen molar-refractivity contribution in [3.8, 4) is 0 Å². The van der Waals surface area contributed by atoms with Gasteiger partial charge in [0.2, 0.25) is 5.79 Å². The average Bonchev–Trinajstić information content (AvgIpc) is 2.56. The lowest BCUT2D eigenvalue weighted by atomic mass is 10.3. The van der Waals surface area contributed by atoms with Crippen molar-refractivity contribution in [1.82, 2.24) is 4.90 Å². The molecule has 2 aliphatic rings. The first kappa shape index (κ1) is 8.88. The van der Waals surface area contributed by atoms with E-state index in [1.807, 2.05) is 20.1 Å². The van der Waals surface area contributed by atoms with Gasteiger partial charge < -0.3 is 14.4 Å². The summed E-state index contributed by atoms with van der Waals surface area (Å²) in [6.07, 6.45) is 4.44. The molecule has 2 rings (SSSR count). The molecule has 13 heavy (non-hydrogen) atoms. The van der Waals surface area contributed by atoms with Gasteiger partial charge in [-0.2, -0.15) is 0 Å². The third kappa shape index (κ3) is 1.97. The van der Waals surface area contributed by atoms with E-state index in [1.165, 1.54) is 18.5 Å². The van der Waals surface area contributed by atoms with E-state index in [2.05, 4.69) is 4.90 Å².